The quantitative estimate of drug-likeness (QED) is 0.706. The van der Waals surface area contributed by atoms with E-state index in [1.165, 1.54) is 0 Å². The van der Waals surface area contributed by atoms with E-state index in [4.69, 9.17) is 0 Å². The highest BCUT2D eigenvalue weighted by atomic mass is 79.9. The van der Waals surface area contributed by atoms with Crippen molar-refractivity contribution < 1.29 is 8.42 Å². The van der Waals surface area contributed by atoms with Gasteiger partial charge in [0.25, 0.3) is 0 Å². The van der Waals surface area contributed by atoms with Crippen LogP contribution in [0.4, 0.5) is 0 Å². The minimum Gasteiger partial charge on any atom is -0.207 e. The highest BCUT2D eigenvalue weighted by molar-refractivity contribution is 9.10. The van der Waals surface area contributed by atoms with E-state index >= 15 is 0 Å². The lowest BCUT2D eigenvalue weighted by Crippen LogP contribution is -2.26. The lowest BCUT2D eigenvalue weighted by Gasteiger charge is -2.15. The zero-order valence-corrected chi connectivity index (χ0v) is 14.9. The predicted octanol–water partition coefficient (Wildman–Crippen LogP) is 4.64. The molecule has 0 aromatic heterocycles. The molecule has 0 aliphatic rings. The van der Waals surface area contributed by atoms with Crippen molar-refractivity contribution in [2.24, 2.45) is 0 Å². The summed E-state index contributed by atoms with van der Waals surface area (Å²) in [5.41, 5.74) is 0.935. The number of fused-ring (bicyclic) bond motifs is 1. The van der Waals surface area contributed by atoms with Crippen LogP contribution in [0.25, 0.3) is 10.8 Å². The van der Waals surface area contributed by atoms with Gasteiger partial charge in [-0.25, -0.2) is 13.1 Å². The Bertz CT molecular complexity index is 937. The van der Waals surface area contributed by atoms with Crippen molar-refractivity contribution in [3.63, 3.8) is 0 Å². The van der Waals surface area contributed by atoms with Crippen LogP contribution in [-0.2, 0) is 10.0 Å². The van der Waals surface area contributed by atoms with Crippen LogP contribution in [0.3, 0.4) is 0 Å². The van der Waals surface area contributed by atoms with E-state index in [1.54, 1.807) is 24.3 Å². The first kappa shape index (κ1) is 16.2. The number of benzene rings is 3. The normalized spacial score (nSPS) is 13.1. The zero-order chi connectivity index (χ0) is 16.4. The zero-order valence-electron chi connectivity index (χ0n) is 12.5. The van der Waals surface area contributed by atoms with Crippen LogP contribution in [-0.4, -0.2) is 8.42 Å². The minimum absolute atomic E-state index is 0.258. The second-order valence-corrected chi connectivity index (χ2v) is 8.03. The summed E-state index contributed by atoms with van der Waals surface area (Å²) < 4.78 is 28.5. The summed E-state index contributed by atoms with van der Waals surface area (Å²) in [6.07, 6.45) is 0. The minimum atomic E-state index is -3.55. The number of rotatable bonds is 4. The summed E-state index contributed by atoms with van der Waals surface area (Å²) in [7, 11) is -3.55. The molecule has 0 aliphatic carbocycles. The summed E-state index contributed by atoms with van der Waals surface area (Å²) in [4.78, 5) is 0.258. The molecule has 1 atom stereocenters. The Labute approximate surface area is 144 Å². The van der Waals surface area contributed by atoms with Crippen molar-refractivity contribution in [3.8, 4) is 0 Å². The molecule has 0 saturated carbocycles. The summed E-state index contributed by atoms with van der Waals surface area (Å²) in [6.45, 7) is 1.85. The van der Waals surface area contributed by atoms with Gasteiger partial charge in [0.1, 0.15) is 0 Å². The van der Waals surface area contributed by atoms with E-state index in [9.17, 15) is 8.42 Å². The molecule has 3 aromatic rings. The molecular weight excluding hydrogens is 374 g/mol. The summed E-state index contributed by atoms with van der Waals surface area (Å²) >= 11 is 3.31. The maximum atomic E-state index is 12.5. The van der Waals surface area contributed by atoms with Gasteiger partial charge in [0, 0.05) is 10.5 Å². The monoisotopic (exact) mass is 389 g/mol. The van der Waals surface area contributed by atoms with E-state index < -0.39 is 10.0 Å². The third-order valence-electron chi connectivity index (χ3n) is 3.73. The topological polar surface area (TPSA) is 46.2 Å². The third kappa shape index (κ3) is 3.63. The Morgan fingerprint density at radius 1 is 0.913 bits per heavy atom. The Kier molecular flexibility index (Phi) is 4.53. The van der Waals surface area contributed by atoms with E-state index in [1.807, 2.05) is 49.4 Å². The molecule has 0 radical (unpaired) electrons. The molecule has 0 fully saturated rings. The average Bonchev–Trinajstić information content (AvgIpc) is 2.54. The fourth-order valence-electron chi connectivity index (χ4n) is 2.46. The van der Waals surface area contributed by atoms with Gasteiger partial charge in [-0.15, -0.1) is 0 Å². The van der Waals surface area contributed by atoms with Crippen molar-refractivity contribution in [2.75, 3.05) is 0 Å². The van der Waals surface area contributed by atoms with Crippen molar-refractivity contribution >= 4 is 36.7 Å². The molecule has 23 heavy (non-hydrogen) atoms. The third-order valence-corrected chi connectivity index (χ3v) is 5.81. The molecule has 3 aromatic carbocycles. The first-order chi connectivity index (χ1) is 11.0. The number of nitrogens with one attached hydrogen (secondary N) is 1. The average molecular weight is 390 g/mol. The van der Waals surface area contributed by atoms with E-state index in [0.717, 1.165) is 20.8 Å². The van der Waals surface area contributed by atoms with Gasteiger partial charge in [0.15, 0.2) is 0 Å². The molecule has 0 spiro atoms. The fraction of sp³-hybridized carbons (Fsp3) is 0.111. The molecule has 5 heteroatoms. The number of sulfonamides is 1. The smallest absolute Gasteiger partial charge is 0.207 e. The Balaban J connectivity index is 1.87. The molecule has 0 amide bonds. The van der Waals surface area contributed by atoms with Crippen LogP contribution in [0.2, 0.25) is 0 Å². The number of halogens is 1. The van der Waals surface area contributed by atoms with E-state index in [0.29, 0.717) is 0 Å². The van der Waals surface area contributed by atoms with E-state index in [2.05, 4.69) is 20.7 Å². The maximum Gasteiger partial charge on any atom is 0.241 e. The lowest BCUT2D eigenvalue weighted by molar-refractivity contribution is 0.567. The summed E-state index contributed by atoms with van der Waals surface area (Å²) in [6, 6.07) is 20.3. The van der Waals surface area contributed by atoms with Crippen LogP contribution in [0, 0.1) is 0 Å². The predicted molar refractivity (Wildman–Crippen MR) is 96.8 cm³/mol. The van der Waals surface area contributed by atoms with Crippen LogP contribution in [0.15, 0.2) is 76.1 Å². The van der Waals surface area contributed by atoms with Gasteiger partial charge in [-0.2, -0.15) is 0 Å². The first-order valence-corrected chi connectivity index (χ1v) is 9.50. The fourth-order valence-corrected chi connectivity index (χ4v) is 3.96. The SMILES string of the molecule is CC(NS(=O)(=O)c1ccc(Br)cc1)c1ccc2ccccc2c1. The summed E-state index contributed by atoms with van der Waals surface area (Å²) in [5.74, 6) is 0. The second kappa shape index (κ2) is 6.43. The van der Waals surface area contributed by atoms with Crippen molar-refractivity contribution in [1.82, 2.24) is 4.72 Å². The molecular formula is C18H16BrNO2S. The molecule has 0 aliphatic heterocycles. The number of hydrogen-bond donors (Lipinski definition) is 1. The second-order valence-electron chi connectivity index (χ2n) is 5.40. The maximum absolute atomic E-state index is 12.5. The lowest BCUT2D eigenvalue weighted by atomic mass is 10.0. The first-order valence-electron chi connectivity index (χ1n) is 7.22. The molecule has 0 bridgehead atoms. The van der Waals surface area contributed by atoms with Crippen molar-refractivity contribution in [2.45, 2.75) is 17.9 Å². The van der Waals surface area contributed by atoms with Gasteiger partial charge in [-0.1, -0.05) is 52.3 Å². The largest absolute Gasteiger partial charge is 0.241 e. The molecule has 3 nitrogen and oxygen atoms in total. The van der Waals surface area contributed by atoms with Crippen LogP contribution < -0.4 is 4.72 Å². The summed E-state index contributed by atoms with van der Waals surface area (Å²) in [5, 5.41) is 2.24. The standard InChI is InChI=1S/C18H16BrNO2S/c1-13(15-7-6-14-4-2-3-5-16(14)12-15)20-23(21,22)18-10-8-17(19)9-11-18/h2-13,20H,1H3. The van der Waals surface area contributed by atoms with E-state index in [-0.39, 0.29) is 10.9 Å². The highest BCUT2D eigenvalue weighted by Crippen LogP contribution is 2.22. The molecule has 118 valence electrons. The number of hydrogen-bond acceptors (Lipinski definition) is 2. The molecule has 0 saturated heterocycles. The van der Waals surface area contributed by atoms with Crippen LogP contribution in [0.5, 0.6) is 0 Å². The molecule has 3 rings (SSSR count). The van der Waals surface area contributed by atoms with Gasteiger partial charge in [-0.3, -0.25) is 0 Å². The molecule has 1 N–H and O–H groups in total. The van der Waals surface area contributed by atoms with Gasteiger partial charge >= 0.3 is 0 Å². The Morgan fingerprint density at radius 2 is 1.57 bits per heavy atom. The van der Waals surface area contributed by atoms with Gasteiger partial charge in [-0.05, 0) is 53.6 Å². The van der Waals surface area contributed by atoms with Gasteiger partial charge in [0.05, 0.1) is 4.90 Å². The van der Waals surface area contributed by atoms with Gasteiger partial charge < -0.3 is 0 Å². The Morgan fingerprint density at radius 3 is 2.26 bits per heavy atom. The highest BCUT2D eigenvalue weighted by Gasteiger charge is 2.18. The Hall–Kier alpha value is -1.69. The van der Waals surface area contributed by atoms with Crippen molar-refractivity contribution in [1.29, 1.82) is 0 Å². The van der Waals surface area contributed by atoms with Crippen LogP contribution in [0.1, 0.15) is 18.5 Å². The van der Waals surface area contributed by atoms with Gasteiger partial charge in [0.2, 0.25) is 10.0 Å². The van der Waals surface area contributed by atoms with Crippen LogP contribution >= 0.6 is 15.9 Å². The molecule has 0 heterocycles. The van der Waals surface area contributed by atoms with Crippen molar-refractivity contribution in [3.05, 3.63) is 76.8 Å². The molecule has 1 unspecified atom stereocenters.